The molecular weight excluding hydrogens is 314 g/mol. The Labute approximate surface area is 148 Å². The number of rotatable bonds is 6. The van der Waals surface area contributed by atoms with Gasteiger partial charge in [0.2, 0.25) is 0 Å². The molecule has 2 heterocycles. The van der Waals surface area contributed by atoms with Crippen molar-refractivity contribution in [2.75, 3.05) is 18.0 Å². The van der Waals surface area contributed by atoms with Crippen molar-refractivity contribution in [2.45, 2.75) is 40.5 Å². The smallest absolute Gasteiger partial charge is 0.141 e. The predicted molar refractivity (Wildman–Crippen MR) is 105 cm³/mol. The normalized spacial score (nSPS) is 11.2. The highest BCUT2D eigenvalue weighted by Crippen LogP contribution is 2.39. The molecule has 3 nitrogen and oxygen atoms in total. The van der Waals surface area contributed by atoms with E-state index in [1.807, 2.05) is 0 Å². The van der Waals surface area contributed by atoms with Gasteiger partial charge in [-0.25, -0.2) is 9.97 Å². The first-order valence-electron chi connectivity index (χ1n) is 8.70. The van der Waals surface area contributed by atoms with E-state index in [-0.39, 0.29) is 0 Å². The summed E-state index contributed by atoms with van der Waals surface area (Å²) in [6, 6.07) is 6.66. The summed E-state index contributed by atoms with van der Waals surface area (Å²) < 4.78 is 0. The lowest BCUT2D eigenvalue weighted by atomic mass is 9.99. The summed E-state index contributed by atoms with van der Waals surface area (Å²) in [5, 5.41) is 3.44. The summed E-state index contributed by atoms with van der Waals surface area (Å²) in [4.78, 5) is 12.7. The number of fused-ring (bicyclic) bond motifs is 1. The maximum atomic E-state index is 4.67. The van der Waals surface area contributed by atoms with Crippen LogP contribution in [0.5, 0.6) is 0 Å². The highest BCUT2D eigenvalue weighted by atomic mass is 32.1. The van der Waals surface area contributed by atoms with E-state index in [9.17, 15) is 0 Å². The zero-order valence-corrected chi connectivity index (χ0v) is 15.8. The highest BCUT2D eigenvalue weighted by molar-refractivity contribution is 7.17. The lowest BCUT2D eigenvalue weighted by Crippen LogP contribution is -2.26. The van der Waals surface area contributed by atoms with Gasteiger partial charge in [-0.2, -0.15) is 0 Å². The Hall–Kier alpha value is -1.94. The lowest BCUT2D eigenvalue weighted by Gasteiger charge is -2.23. The van der Waals surface area contributed by atoms with Gasteiger partial charge in [-0.05, 0) is 37.8 Å². The van der Waals surface area contributed by atoms with Crippen LogP contribution in [-0.2, 0) is 0 Å². The molecule has 0 aliphatic rings. The minimum absolute atomic E-state index is 1.03. The summed E-state index contributed by atoms with van der Waals surface area (Å²) in [5.74, 6) is 1.08. The maximum absolute atomic E-state index is 4.67. The summed E-state index contributed by atoms with van der Waals surface area (Å²) in [6.07, 6.45) is 3.95. The van der Waals surface area contributed by atoms with E-state index in [0.29, 0.717) is 0 Å². The number of benzene rings is 1. The molecule has 24 heavy (non-hydrogen) atoms. The van der Waals surface area contributed by atoms with Crippen molar-refractivity contribution in [3.63, 3.8) is 0 Å². The highest BCUT2D eigenvalue weighted by Gasteiger charge is 2.18. The van der Waals surface area contributed by atoms with Crippen molar-refractivity contribution in [1.29, 1.82) is 0 Å². The third-order valence-electron chi connectivity index (χ3n) is 4.31. The van der Waals surface area contributed by atoms with Crippen LogP contribution in [-0.4, -0.2) is 23.1 Å². The van der Waals surface area contributed by atoms with Crippen LogP contribution in [0, 0.1) is 13.8 Å². The van der Waals surface area contributed by atoms with Gasteiger partial charge in [0.1, 0.15) is 17.0 Å². The van der Waals surface area contributed by atoms with E-state index < -0.39 is 0 Å². The van der Waals surface area contributed by atoms with E-state index in [0.717, 1.165) is 36.6 Å². The Morgan fingerprint density at radius 2 is 1.75 bits per heavy atom. The molecule has 0 fully saturated rings. The molecule has 0 spiro atoms. The lowest BCUT2D eigenvalue weighted by molar-refractivity contribution is 0.736. The first-order chi connectivity index (χ1) is 11.7. The molecule has 0 bridgehead atoms. The summed E-state index contributed by atoms with van der Waals surface area (Å²) in [7, 11) is 0. The molecule has 0 radical (unpaired) electrons. The average molecular weight is 340 g/mol. The Bertz CT molecular complexity index is 832. The number of thiophene rings is 1. The molecule has 4 heteroatoms. The van der Waals surface area contributed by atoms with Gasteiger partial charge in [0.05, 0.1) is 5.39 Å². The van der Waals surface area contributed by atoms with E-state index in [2.05, 4.69) is 66.1 Å². The van der Waals surface area contributed by atoms with Gasteiger partial charge in [0.15, 0.2) is 0 Å². The van der Waals surface area contributed by atoms with Crippen LogP contribution in [0.2, 0.25) is 0 Å². The van der Waals surface area contributed by atoms with Gasteiger partial charge in [-0.1, -0.05) is 37.6 Å². The zero-order chi connectivity index (χ0) is 17.1. The Kier molecular flexibility index (Phi) is 5.14. The SMILES string of the molecule is CCCN(CCC)c1ncnc2scc(-c3ccc(C)cc3C)c12. The number of hydrogen-bond acceptors (Lipinski definition) is 4. The number of hydrogen-bond donors (Lipinski definition) is 0. The molecular formula is C20H25N3S. The van der Waals surface area contributed by atoms with Crippen LogP contribution >= 0.6 is 11.3 Å². The van der Waals surface area contributed by atoms with Crippen molar-refractivity contribution in [3.8, 4) is 11.1 Å². The number of nitrogens with zero attached hydrogens (tertiary/aromatic N) is 3. The fourth-order valence-electron chi connectivity index (χ4n) is 3.28. The van der Waals surface area contributed by atoms with Crippen LogP contribution < -0.4 is 4.90 Å². The quantitative estimate of drug-likeness (QED) is 0.585. The number of aryl methyl sites for hydroxylation is 2. The topological polar surface area (TPSA) is 29.0 Å². The van der Waals surface area contributed by atoms with Gasteiger partial charge in [-0.15, -0.1) is 11.3 Å². The predicted octanol–water partition coefficient (Wildman–Crippen LogP) is 5.60. The second-order valence-electron chi connectivity index (χ2n) is 6.33. The minimum Gasteiger partial charge on any atom is -0.356 e. The van der Waals surface area contributed by atoms with Gasteiger partial charge in [-0.3, -0.25) is 0 Å². The molecule has 0 unspecified atom stereocenters. The largest absolute Gasteiger partial charge is 0.356 e. The van der Waals surface area contributed by atoms with E-state index in [1.165, 1.54) is 27.6 Å². The molecule has 0 N–H and O–H groups in total. The van der Waals surface area contributed by atoms with Crippen LogP contribution in [0.15, 0.2) is 29.9 Å². The van der Waals surface area contributed by atoms with Crippen molar-refractivity contribution in [1.82, 2.24) is 9.97 Å². The minimum atomic E-state index is 1.03. The standard InChI is InChI=1S/C20H25N3S/c1-5-9-23(10-6-2)19-18-17(12-24-20(18)22-13-21-19)16-8-7-14(3)11-15(16)4/h7-8,11-13H,5-6,9-10H2,1-4H3. The third-order valence-corrected chi connectivity index (χ3v) is 5.20. The molecule has 126 valence electrons. The first kappa shape index (κ1) is 16.9. The summed E-state index contributed by atoms with van der Waals surface area (Å²) in [6.45, 7) is 10.8. The van der Waals surface area contributed by atoms with Crippen LogP contribution in [0.25, 0.3) is 21.3 Å². The van der Waals surface area contributed by atoms with Gasteiger partial charge < -0.3 is 4.90 Å². The second kappa shape index (κ2) is 7.31. The summed E-state index contributed by atoms with van der Waals surface area (Å²) >= 11 is 1.71. The van der Waals surface area contributed by atoms with Gasteiger partial charge in [0.25, 0.3) is 0 Å². The molecule has 2 aromatic heterocycles. The maximum Gasteiger partial charge on any atom is 0.141 e. The van der Waals surface area contributed by atoms with Crippen LogP contribution in [0.4, 0.5) is 5.82 Å². The zero-order valence-electron chi connectivity index (χ0n) is 15.0. The van der Waals surface area contributed by atoms with Crippen LogP contribution in [0.1, 0.15) is 37.8 Å². The number of anilines is 1. The average Bonchev–Trinajstić information content (AvgIpc) is 2.99. The second-order valence-corrected chi connectivity index (χ2v) is 7.19. The van der Waals surface area contributed by atoms with Crippen LogP contribution in [0.3, 0.4) is 0 Å². The molecule has 0 atom stereocenters. The third kappa shape index (κ3) is 3.16. The number of aromatic nitrogens is 2. The molecule has 3 rings (SSSR count). The molecule has 1 aromatic carbocycles. The molecule has 0 amide bonds. The monoisotopic (exact) mass is 339 g/mol. The Balaban J connectivity index is 2.20. The van der Waals surface area contributed by atoms with Crippen molar-refractivity contribution < 1.29 is 0 Å². The van der Waals surface area contributed by atoms with Gasteiger partial charge in [0, 0.05) is 24.0 Å². The molecule has 0 saturated carbocycles. The molecule has 0 aliphatic heterocycles. The van der Waals surface area contributed by atoms with Gasteiger partial charge >= 0.3 is 0 Å². The van der Waals surface area contributed by atoms with Crippen molar-refractivity contribution in [3.05, 3.63) is 41.0 Å². The fraction of sp³-hybridized carbons (Fsp3) is 0.400. The molecule has 3 aromatic rings. The first-order valence-corrected chi connectivity index (χ1v) is 9.58. The van der Waals surface area contributed by atoms with Crippen molar-refractivity contribution >= 4 is 27.4 Å². The summed E-state index contributed by atoms with van der Waals surface area (Å²) in [5.41, 5.74) is 5.16. The van der Waals surface area contributed by atoms with E-state index in [1.54, 1.807) is 17.7 Å². The molecule has 0 saturated heterocycles. The van der Waals surface area contributed by atoms with E-state index in [4.69, 9.17) is 0 Å². The van der Waals surface area contributed by atoms with Crippen molar-refractivity contribution in [2.24, 2.45) is 0 Å². The Morgan fingerprint density at radius 3 is 2.42 bits per heavy atom. The molecule has 0 aliphatic carbocycles. The fourth-order valence-corrected chi connectivity index (χ4v) is 4.18. The Morgan fingerprint density at radius 1 is 1.00 bits per heavy atom. The van der Waals surface area contributed by atoms with E-state index >= 15 is 0 Å².